The third kappa shape index (κ3) is 7.44. The minimum Gasteiger partial charge on any atom is -0.399 e. The van der Waals surface area contributed by atoms with Crippen molar-refractivity contribution in [1.82, 2.24) is 21.3 Å². The third-order valence-electron chi connectivity index (χ3n) is 6.19. The Morgan fingerprint density at radius 2 is 1.93 bits per heavy atom. The number of dihydropyridines is 1. The number of carbonyl (C=O) groups excluding carboxylic acids is 1. The molecule has 41 heavy (non-hydrogen) atoms. The number of hydrogen-bond donors (Lipinski definition) is 6. The SMILES string of the molecule is C=C(N)/C=C\C(=C/NCCCNC)C1=CNC2NC=C(C(=O)c3c(F)ccc(NSc4cccc(F)c4)c3F)C2=C1. The van der Waals surface area contributed by atoms with Gasteiger partial charge in [0.05, 0.1) is 11.3 Å². The molecule has 2 aliphatic heterocycles. The van der Waals surface area contributed by atoms with E-state index in [0.29, 0.717) is 16.2 Å². The topological polar surface area (TPSA) is 103 Å². The molecule has 0 amide bonds. The van der Waals surface area contributed by atoms with Gasteiger partial charge in [0, 0.05) is 46.9 Å². The highest BCUT2D eigenvalue weighted by molar-refractivity contribution is 8.00. The summed E-state index contributed by atoms with van der Waals surface area (Å²) in [6.45, 7) is 5.29. The van der Waals surface area contributed by atoms with Crippen LogP contribution in [0.1, 0.15) is 16.8 Å². The fourth-order valence-corrected chi connectivity index (χ4v) is 4.84. The van der Waals surface area contributed by atoms with E-state index in [2.05, 4.69) is 32.6 Å². The third-order valence-corrected chi connectivity index (χ3v) is 7.00. The van der Waals surface area contributed by atoms with E-state index < -0.39 is 35.0 Å². The number of fused-ring (bicyclic) bond motifs is 1. The zero-order valence-corrected chi connectivity index (χ0v) is 23.2. The molecule has 214 valence electrons. The lowest BCUT2D eigenvalue weighted by atomic mass is 9.92. The molecule has 0 bridgehead atoms. The number of benzene rings is 2. The number of nitrogens with two attached hydrogens (primary N) is 1. The number of carbonyl (C=O) groups is 1. The Bertz CT molecular complexity index is 1480. The second-order valence-electron chi connectivity index (χ2n) is 9.22. The van der Waals surface area contributed by atoms with Crippen LogP contribution in [0.4, 0.5) is 18.9 Å². The van der Waals surface area contributed by atoms with Gasteiger partial charge in [-0.25, -0.2) is 13.2 Å². The van der Waals surface area contributed by atoms with Crippen molar-refractivity contribution in [2.75, 3.05) is 24.9 Å². The van der Waals surface area contributed by atoms with E-state index in [9.17, 15) is 13.6 Å². The summed E-state index contributed by atoms with van der Waals surface area (Å²) in [4.78, 5) is 14.0. The molecular formula is C30H31F3N6OS. The average molecular weight is 581 g/mol. The summed E-state index contributed by atoms with van der Waals surface area (Å²) >= 11 is 0.943. The number of ketones is 1. The van der Waals surface area contributed by atoms with Crippen LogP contribution in [0.5, 0.6) is 0 Å². The van der Waals surface area contributed by atoms with E-state index in [-0.39, 0.29) is 11.3 Å². The summed E-state index contributed by atoms with van der Waals surface area (Å²) < 4.78 is 46.6. The van der Waals surface area contributed by atoms with Crippen LogP contribution in [0, 0.1) is 17.5 Å². The molecule has 0 saturated carbocycles. The van der Waals surface area contributed by atoms with E-state index in [4.69, 9.17) is 5.73 Å². The van der Waals surface area contributed by atoms with E-state index in [1.165, 1.54) is 30.5 Å². The predicted molar refractivity (Wildman–Crippen MR) is 158 cm³/mol. The van der Waals surface area contributed by atoms with Gasteiger partial charge in [-0.2, -0.15) is 0 Å². The van der Waals surface area contributed by atoms with E-state index >= 15 is 4.39 Å². The van der Waals surface area contributed by atoms with Crippen molar-refractivity contribution < 1.29 is 18.0 Å². The van der Waals surface area contributed by atoms with E-state index in [0.717, 1.165) is 48.7 Å². The molecule has 7 nitrogen and oxygen atoms in total. The van der Waals surface area contributed by atoms with Gasteiger partial charge in [0.2, 0.25) is 5.78 Å². The van der Waals surface area contributed by atoms with Gasteiger partial charge in [0.25, 0.3) is 0 Å². The Kier molecular flexibility index (Phi) is 9.99. The lowest BCUT2D eigenvalue weighted by Gasteiger charge is -2.22. The molecule has 2 aromatic carbocycles. The summed E-state index contributed by atoms with van der Waals surface area (Å²) in [6, 6.07) is 7.93. The van der Waals surface area contributed by atoms with Crippen LogP contribution >= 0.6 is 11.9 Å². The largest absolute Gasteiger partial charge is 0.399 e. The molecule has 0 aliphatic carbocycles. The number of hydrogen-bond acceptors (Lipinski definition) is 8. The summed E-state index contributed by atoms with van der Waals surface area (Å²) in [7, 11) is 1.89. The maximum atomic E-state index is 15.5. The zero-order valence-electron chi connectivity index (χ0n) is 22.4. The molecule has 2 aromatic rings. The monoisotopic (exact) mass is 580 g/mol. The standard InChI is InChI=1S/C30H31F3N6OS/c1-18(34)7-8-19(15-36-12-4-11-35-2)20-13-23-24(17-38-30(23)37-16-20)29(40)27-25(32)9-10-26(28(27)33)39-41-22-6-3-5-21(31)14-22/h3,5-10,13-17,30,35-39H,1,4,11-12,34H2,2H3/b8-7-,19-15+. The van der Waals surface area contributed by atoms with Crippen molar-refractivity contribution in [3.05, 3.63) is 131 Å². The van der Waals surface area contributed by atoms with Crippen LogP contribution in [0.25, 0.3) is 0 Å². The van der Waals surface area contributed by atoms with Crippen LogP contribution in [0.3, 0.4) is 0 Å². The zero-order chi connectivity index (χ0) is 29.4. The quantitative estimate of drug-likeness (QED) is 0.0874. The lowest BCUT2D eigenvalue weighted by Crippen LogP contribution is -2.37. The molecule has 0 saturated heterocycles. The smallest absolute Gasteiger partial charge is 0.200 e. The molecule has 7 N–H and O–H groups in total. The highest BCUT2D eigenvalue weighted by Crippen LogP contribution is 2.33. The second kappa shape index (κ2) is 13.8. The van der Waals surface area contributed by atoms with Crippen LogP contribution in [0.2, 0.25) is 0 Å². The first kappa shape index (κ1) is 29.6. The number of halogens is 3. The highest BCUT2D eigenvalue weighted by Gasteiger charge is 2.33. The second-order valence-corrected chi connectivity index (χ2v) is 10.1. The molecule has 4 rings (SSSR count). The van der Waals surface area contributed by atoms with Crippen molar-refractivity contribution in [1.29, 1.82) is 0 Å². The van der Waals surface area contributed by atoms with E-state index in [1.54, 1.807) is 30.5 Å². The number of anilines is 1. The molecule has 1 atom stereocenters. The lowest BCUT2D eigenvalue weighted by molar-refractivity contribution is 0.102. The van der Waals surface area contributed by atoms with Gasteiger partial charge >= 0.3 is 0 Å². The number of nitrogens with one attached hydrogen (secondary N) is 5. The van der Waals surface area contributed by atoms with Crippen molar-refractivity contribution in [2.45, 2.75) is 17.5 Å². The van der Waals surface area contributed by atoms with Gasteiger partial charge < -0.3 is 31.7 Å². The number of allylic oxidation sites excluding steroid dienone is 5. The van der Waals surface area contributed by atoms with Gasteiger partial charge in [0.15, 0.2) is 5.82 Å². The molecule has 1 unspecified atom stereocenters. The van der Waals surface area contributed by atoms with Gasteiger partial charge in [-0.1, -0.05) is 18.7 Å². The molecule has 0 fully saturated rings. The highest BCUT2D eigenvalue weighted by atomic mass is 32.2. The summed E-state index contributed by atoms with van der Waals surface area (Å²) in [5.74, 6) is -3.30. The minimum atomic E-state index is -1.04. The van der Waals surface area contributed by atoms with Crippen LogP contribution < -0.4 is 31.7 Å². The Morgan fingerprint density at radius 3 is 2.68 bits per heavy atom. The Morgan fingerprint density at radius 1 is 1.12 bits per heavy atom. The van der Waals surface area contributed by atoms with Crippen LogP contribution in [-0.4, -0.2) is 32.1 Å². The average Bonchev–Trinajstić information content (AvgIpc) is 3.37. The summed E-state index contributed by atoms with van der Waals surface area (Å²) in [5.41, 5.74) is 7.43. The van der Waals surface area contributed by atoms with Gasteiger partial charge in [-0.05, 0) is 85.6 Å². The normalized spacial score (nSPS) is 16.2. The Hall–Kier alpha value is -4.35. The number of rotatable bonds is 13. The maximum Gasteiger partial charge on any atom is 0.200 e. The minimum absolute atomic E-state index is 0.106. The number of Topliss-reactive ketones (excluding diaryl/α,β-unsaturated/α-hetero) is 1. The van der Waals surface area contributed by atoms with Crippen molar-refractivity contribution in [3.8, 4) is 0 Å². The van der Waals surface area contributed by atoms with Crippen molar-refractivity contribution >= 4 is 23.4 Å². The first-order valence-electron chi connectivity index (χ1n) is 12.8. The summed E-state index contributed by atoms with van der Waals surface area (Å²) in [6.07, 6.45) is 10.7. The molecule has 0 radical (unpaired) electrons. The van der Waals surface area contributed by atoms with Gasteiger partial charge in [-0.15, -0.1) is 0 Å². The predicted octanol–water partition coefficient (Wildman–Crippen LogP) is 4.74. The molecule has 11 heteroatoms. The van der Waals surface area contributed by atoms with Gasteiger partial charge in [0.1, 0.15) is 17.8 Å². The first-order valence-corrected chi connectivity index (χ1v) is 13.7. The molecule has 2 heterocycles. The first-order chi connectivity index (χ1) is 19.8. The molecular weight excluding hydrogens is 549 g/mol. The van der Waals surface area contributed by atoms with Crippen LogP contribution in [-0.2, 0) is 0 Å². The maximum absolute atomic E-state index is 15.5. The fraction of sp³-hybridized carbons (Fsp3) is 0.167. The Balaban J connectivity index is 1.58. The van der Waals surface area contributed by atoms with Crippen molar-refractivity contribution in [2.24, 2.45) is 5.73 Å². The van der Waals surface area contributed by atoms with Gasteiger partial charge in [-0.3, -0.25) is 4.79 Å². The van der Waals surface area contributed by atoms with E-state index in [1.807, 2.05) is 13.2 Å². The molecule has 0 spiro atoms. The summed E-state index contributed by atoms with van der Waals surface area (Å²) in [5, 5.41) is 12.6. The van der Waals surface area contributed by atoms with Crippen molar-refractivity contribution in [3.63, 3.8) is 0 Å². The molecule has 0 aromatic heterocycles. The Labute approximate surface area is 241 Å². The van der Waals surface area contributed by atoms with Crippen LogP contribution in [0.15, 0.2) is 113 Å². The fourth-order valence-electron chi connectivity index (χ4n) is 4.13. The molecule has 2 aliphatic rings.